The van der Waals surface area contributed by atoms with Gasteiger partial charge in [0.05, 0.1) is 30.5 Å². The van der Waals surface area contributed by atoms with Gasteiger partial charge in [-0.05, 0) is 46.5 Å². The number of allylic oxidation sites excluding steroid dienone is 2. The third-order valence-electron chi connectivity index (χ3n) is 10.2. The molecule has 0 unspecified atom stereocenters. The molecule has 210 valence electrons. The van der Waals surface area contributed by atoms with Crippen LogP contribution in [0.5, 0.6) is 0 Å². The summed E-state index contributed by atoms with van der Waals surface area (Å²) in [6.45, 7) is 7.40. The molecule has 5 fully saturated rings. The molecular formula is C29H40O9. The normalized spacial score (nSPS) is 48.0. The van der Waals surface area contributed by atoms with E-state index in [1.165, 1.54) is 12.2 Å². The van der Waals surface area contributed by atoms with Crippen molar-refractivity contribution in [3.05, 3.63) is 36.0 Å². The maximum Gasteiger partial charge on any atom is 0.331 e. The molecule has 9 nitrogen and oxygen atoms in total. The Bertz CT molecular complexity index is 1060. The van der Waals surface area contributed by atoms with Gasteiger partial charge in [-0.25, -0.2) is 9.59 Å². The molecule has 3 aliphatic carbocycles. The first-order chi connectivity index (χ1) is 17.8. The van der Waals surface area contributed by atoms with E-state index in [1.54, 1.807) is 32.1 Å². The van der Waals surface area contributed by atoms with Crippen molar-refractivity contribution >= 4 is 11.9 Å². The number of ether oxygens (including phenoxy) is 4. The van der Waals surface area contributed by atoms with E-state index in [0.29, 0.717) is 32.1 Å². The summed E-state index contributed by atoms with van der Waals surface area (Å²) < 4.78 is 24.1. The van der Waals surface area contributed by atoms with Crippen molar-refractivity contribution in [2.45, 2.75) is 102 Å². The summed E-state index contributed by atoms with van der Waals surface area (Å²) in [7, 11) is 0. The smallest absolute Gasteiger partial charge is 0.331 e. The van der Waals surface area contributed by atoms with Crippen LogP contribution in [0.4, 0.5) is 0 Å². The van der Waals surface area contributed by atoms with Gasteiger partial charge in [0.1, 0.15) is 24.4 Å². The molecule has 0 aromatic rings. The van der Waals surface area contributed by atoms with E-state index in [1.807, 2.05) is 13.8 Å². The number of carbonyl (C=O) groups excluding carboxylic acids is 2. The predicted molar refractivity (Wildman–Crippen MR) is 136 cm³/mol. The lowest BCUT2D eigenvalue weighted by molar-refractivity contribution is -0.377. The summed E-state index contributed by atoms with van der Waals surface area (Å²) in [4.78, 5) is 25.8. The minimum Gasteiger partial charge on any atom is -0.462 e. The first-order valence-corrected chi connectivity index (χ1v) is 13.6. The molecule has 10 atom stereocenters. The van der Waals surface area contributed by atoms with Crippen LogP contribution >= 0.6 is 0 Å². The Morgan fingerprint density at radius 2 is 1.84 bits per heavy atom. The molecule has 0 radical (unpaired) electrons. The second-order valence-corrected chi connectivity index (χ2v) is 12.3. The summed E-state index contributed by atoms with van der Waals surface area (Å²) in [6.07, 6.45) is 6.57. The number of aliphatic hydroxyl groups is 3. The average molecular weight is 533 g/mol. The molecule has 0 aromatic heterocycles. The molecule has 0 amide bonds. The quantitative estimate of drug-likeness (QED) is 0.435. The number of esters is 2. The maximum absolute atomic E-state index is 12.9. The number of aliphatic hydroxyl groups excluding tert-OH is 1. The fourth-order valence-corrected chi connectivity index (χ4v) is 7.82. The Morgan fingerprint density at radius 1 is 1.08 bits per heavy atom. The highest BCUT2D eigenvalue weighted by Crippen LogP contribution is 2.74. The summed E-state index contributed by atoms with van der Waals surface area (Å²) in [5, 5.41) is 33.5. The third kappa shape index (κ3) is 4.09. The van der Waals surface area contributed by atoms with E-state index in [9.17, 15) is 24.9 Å². The zero-order valence-corrected chi connectivity index (χ0v) is 22.6. The molecule has 6 aliphatic rings. The number of carbonyl (C=O) groups is 2. The molecule has 1 spiro atoms. The molecule has 3 N–H and O–H groups in total. The van der Waals surface area contributed by atoms with Crippen molar-refractivity contribution in [1.29, 1.82) is 0 Å². The zero-order chi connectivity index (χ0) is 27.5. The molecule has 2 saturated heterocycles. The summed E-state index contributed by atoms with van der Waals surface area (Å²) in [5.41, 5.74) is -3.41. The van der Waals surface area contributed by atoms with Gasteiger partial charge in [-0.15, -0.1) is 0 Å². The van der Waals surface area contributed by atoms with Crippen molar-refractivity contribution in [3.8, 4) is 0 Å². The van der Waals surface area contributed by atoms with Crippen molar-refractivity contribution in [3.63, 3.8) is 0 Å². The van der Waals surface area contributed by atoms with E-state index in [4.69, 9.17) is 18.9 Å². The van der Waals surface area contributed by atoms with Crippen LogP contribution in [0, 0.1) is 16.7 Å². The van der Waals surface area contributed by atoms with Crippen molar-refractivity contribution in [2.24, 2.45) is 16.7 Å². The van der Waals surface area contributed by atoms with E-state index < -0.39 is 64.5 Å². The van der Waals surface area contributed by atoms with Crippen LogP contribution in [0.3, 0.4) is 0 Å². The highest BCUT2D eigenvalue weighted by Gasteiger charge is 2.83. The van der Waals surface area contributed by atoms with Crippen molar-refractivity contribution in [1.82, 2.24) is 0 Å². The monoisotopic (exact) mass is 532 g/mol. The van der Waals surface area contributed by atoms with E-state index in [0.717, 1.165) is 5.57 Å². The van der Waals surface area contributed by atoms with Crippen LogP contribution in [0.1, 0.15) is 59.8 Å². The van der Waals surface area contributed by atoms with E-state index in [-0.39, 0.29) is 19.1 Å². The molecule has 6 rings (SSSR count). The Morgan fingerprint density at radius 3 is 2.58 bits per heavy atom. The van der Waals surface area contributed by atoms with Crippen LogP contribution in [-0.2, 0) is 28.5 Å². The van der Waals surface area contributed by atoms with Gasteiger partial charge in [-0.3, -0.25) is 0 Å². The predicted octanol–water partition coefficient (Wildman–Crippen LogP) is 2.13. The Kier molecular flexibility index (Phi) is 6.92. The number of cyclic esters (lactones) is 1. The van der Waals surface area contributed by atoms with Gasteiger partial charge in [-0.2, -0.15) is 0 Å². The van der Waals surface area contributed by atoms with Gasteiger partial charge in [0.2, 0.25) is 0 Å². The standard InChI is InChI=1S/C29H40O9/c1-17-9-12-35-20(18(2)30)7-5-6-8-23(31)37-21-14-22-29(34)15-19-25(38-22)28(27(21,29)4,11-10-26(19,3)33)16-36-24(32)13-17/h5-8,13,18-22,25,30,33-34H,9-12,14-16H2,1-4H3/t18-,19+,20-,21-,22-,25-,26+,27-,28-,29+/m1/s1. The lowest BCUT2D eigenvalue weighted by Crippen LogP contribution is -2.80. The zero-order valence-electron chi connectivity index (χ0n) is 22.6. The summed E-state index contributed by atoms with van der Waals surface area (Å²) >= 11 is 0. The minimum absolute atomic E-state index is 0.0222. The topological polar surface area (TPSA) is 132 Å². The van der Waals surface area contributed by atoms with Gasteiger partial charge in [0, 0.05) is 35.3 Å². The summed E-state index contributed by atoms with van der Waals surface area (Å²) in [5.74, 6) is -1.41. The van der Waals surface area contributed by atoms with Crippen LogP contribution < -0.4 is 0 Å². The van der Waals surface area contributed by atoms with Crippen LogP contribution in [0.2, 0.25) is 0 Å². The second kappa shape index (κ2) is 9.55. The van der Waals surface area contributed by atoms with Gasteiger partial charge < -0.3 is 34.3 Å². The molecule has 9 heteroatoms. The minimum atomic E-state index is -1.35. The Labute approximate surface area is 223 Å². The number of rotatable bonds is 1. The van der Waals surface area contributed by atoms with Gasteiger partial charge in [-0.1, -0.05) is 30.7 Å². The van der Waals surface area contributed by atoms with Crippen molar-refractivity contribution in [2.75, 3.05) is 13.2 Å². The van der Waals surface area contributed by atoms with Gasteiger partial charge in [0.25, 0.3) is 0 Å². The maximum atomic E-state index is 12.9. The molecule has 0 aromatic carbocycles. The van der Waals surface area contributed by atoms with Gasteiger partial charge >= 0.3 is 11.9 Å². The largest absolute Gasteiger partial charge is 0.462 e. The summed E-state index contributed by atoms with van der Waals surface area (Å²) in [6, 6.07) is 0. The first-order valence-electron chi connectivity index (χ1n) is 13.6. The highest BCUT2D eigenvalue weighted by molar-refractivity contribution is 5.83. The van der Waals surface area contributed by atoms with E-state index >= 15 is 0 Å². The molecular weight excluding hydrogens is 492 g/mol. The fraction of sp³-hybridized carbons (Fsp3) is 0.724. The van der Waals surface area contributed by atoms with Crippen LogP contribution in [0.15, 0.2) is 36.0 Å². The number of hydrogen-bond donors (Lipinski definition) is 3. The molecule has 3 saturated carbocycles. The first kappa shape index (κ1) is 27.5. The second-order valence-electron chi connectivity index (χ2n) is 12.3. The van der Waals surface area contributed by atoms with Crippen molar-refractivity contribution < 1.29 is 43.9 Å². The average Bonchev–Trinajstić information content (AvgIpc) is 2.99. The lowest BCUT2D eigenvalue weighted by atomic mass is 9.40. The molecule has 38 heavy (non-hydrogen) atoms. The SMILES string of the molecule is CC1=CC(=O)OC[C@@]23CC[C@](C)(O)[C@H]4C[C@]5(O)[C@@H](C[C@@H](OC(=O)C=CC=C[C@H]([C@@H](C)O)OCC1)[C@]25C)O[C@H]43. The highest BCUT2D eigenvalue weighted by atomic mass is 16.6. The fourth-order valence-electron chi connectivity index (χ4n) is 7.82. The molecule has 3 heterocycles. The Hall–Kier alpha value is -2.04. The lowest BCUT2D eigenvalue weighted by Gasteiger charge is -2.71. The molecule has 6 bridgehead atoms. The van der Waals surface area contributed by atoms with Crippen LogP contribution in [0.25, 0.3) is 0 Å². The number of hydrogen-bond acceptors (Lipinski definition) is 9. The van der Waals surface area contributed by atoms with E-state index in [2.05, 4.69) is 0 Å². The molecule has 3 aliphatic heterocycles. The Balaban J connectivity index is 1.52. The van der Waals surface area contributed by atoms with Crippen LogP contribution in [-0.4, -0.2) is 82.2 Å². The van der Waals surface area contributed by atoms with Gasteiger partial charge in [0.15, 0.2) is 0 Å². The third-order valence-corrected chi connectivity index (χ3v) is 10.2.